The topological polar surface area (TPSA) is 67.6 Å². The van der Waals surface area contributed by atoms with E-state index in [2.05, 4.69) is 12.1 Å². The van der Waals surface area contributed by atoms with E-state index in [1.165, 1.54) is 17.5 Å². The van der Waals surface area contributed by atoms with Crippen LogP contribution in [-0.4, -0.2) is 43.3 Å². The fraction of sp³-hybridized carbons (Fsp3) is 0.526. The number of likely N-dealkylation sites (N-methyl/N-ethyl adjacent to an activating group) is 1. The van der Waals surface area contributed by atoms with Gasteiger partial charge in [0.15, 0.2) is 9.84 Å². The highest BCUT2D eigenvalue weighted by Crippen LogP contribution is 2.31. The van der Waals surface area contributed by atoms with E-state index in [0.717, 1.165) is 29.4 Å². The van der Waals surface area contributed by atoms with Crippen LogP contribution in [0, 0.1) is 0 Å². The summed E-state index contributed by atoms with van der Waals surface area (Å²) in [6.45, 7) is 2.44. The quantitative estimate of drug-likeness (QED) is 0.839. The Balaban J connectivity index is 1.57. The molecule has 1 aromatic carbocycles. The van der Waals surface area contributed by atoms with Crippen molar-refractivity contribution in [2.75, 3.05) is 18.1 Å². The first-order chi connectivity index (χ1) is 12.0. The number of amides is 1. The lowest BCUT2D eigenvalue weighted by molar-refractivity contribution is -0.132. The van der Waals surface area contributed by atoms with Crippen molar-refractivity contribution in [3.05, 3.63) is 35.1 Å². The van der Waals surface area contributed by atoms with E-state index in [4.69, 9.17) is 4.42 Å². The Kier molecular flexibility index (Phi) is 4.10. The number of fused-ring (bicyclic) bond motifs is 2. The molecule has 0 bridgehead atoms. The fourth-order valence-electron chi connectivity index (χ4n) is 4.21. The summed E-state index contributed by atoms with van der Waals surface area (Å²) in [5.41, 5.74) is 4.45. The number of rotatable bonds is 4. The molecule has 2 aromatic rings. The molecule has 1 aromatic heterocycles. The van der Waals surface area contributed by atoms with Crippen LogP contribution < -0.4 is 0 Å². The summed E-state index contributed by atoms with van der Waals surface area (Å²) < 4.78 is 29.1. The molecule has 0 N–H and O–H groups in total. The van der Waals surface area contributed by atoms with Gasteiger partial charge in [0.2, 0.25) is 5.91 Å². The van der Waals surface area contributed by atoms with Crippen molar-refractivity contribution in [3.63, 3.8) is 0 Å². The number of furan rings is 1. The highest BCUT2D eigenvalue weighted by Gasteiger charge is 2.34. The summed E-state index contributed by atoms with van der Waals surface area (Å²) >= 11 is 0. The zero-order valence-corrected chi connectivity index (χ0v) is 15.3. The van der Waals surface area contributed by atoms with Gasteiger partial charge >= 0.3 is 0 Å². The number of carbonyl (C=O) groups is 1. The van der Waals surface area contributed by atoms with Gasteiger partial charge in [-0.15, -0.1) is 0 Å². The molecule has 2 aliphatic rings. The van der Waals surface area contributed by atoms with Gasteiger partial charge in [0.05, 0.1) is 24.2 Å². The lowest BCUT2D eigenvalue weighted by Gasteiger charge is -2.26. The van der Waals surface area contributed by atoms with E-state index in [-0.39, 0.29) is 29.9 Å². The lowest BCUT2D eigenvalue weighted by atomic mass is 10.0. The molecule has 1 aliphatic carbocycles. The summed E-state index contributed by atoms with van der Waals surface area (Å²) in [4.78, 5) is 14.5. The van der Waals surface area contributed by atoms with Gasteiger partial charge in [0.25, 0.3) is 0 Å². The van der Waals surface area contributed by atoms with Crippen LogP contribution >= 0.6 is 0 Å². The van der Waals surface area contributed by atoms with Gasteiger partial charge in [-0.2, -0.15) is 0 Å². The Labute approximate surface area is 147 Å². The maximum Gasteiger partial charge on any atom is 0.227 e. The highest BCUT2D eigenvalue weighted by atomic mass is 32.2. The van der Waals surface area contributed by atoms with Crippen LogP contribution in [-0.2, 0) is 33.9 Å². The second kappa shape index (κ2) is 6.16. The molecule has 6 heteroatoms. The van der Waals surface area contributed by atoms with Gasteiger partial charge in [0.1, 0.15) is 5.58 Å². The molecule has 2 heterocycles. The van der Waals surface area contributed by atoms with Gasteiger partial charge in [-0.1, -0.05) is 0 Å². The Bertz CT molecular complexity index is 928. The van der Waals surface area contributed by atoms with E-state index >= 15 is 0 Å². The van der Waals surface area contributed by atoms with Gasteiger partial charge in [0, 0.05) is 23.5 Å². The molecule has 4 rings (SSSR count). The Morgan fingerprint density at radius 1 is 1.28 bits per heavy atom. The average molecular weight is 361 g/mol. The van der Waals surface area contributed by atoms with E-state index in [9.17, 15) is 13.2 Å². The Hall–Kier alpha value is -1.82. The minimum absolute atomic E-state index is 0.0206. The number of nitrogens with zero attached hydrogens (tertiary/aromatic N) is 1. The maximum atomic E-state index is 12.8. The van der Waals surface area contributed by atoms with E-state index < -0.39 is 9.84 Å². The first kappa shape index (κ1) is 16.6. The van der Waals surface area contributed by atoms with E-state index in [1.54, 1.807) is 11.2 Å². The number of carbonyl (C=O) groups excluding carboxylic acids is 1. The molecular weight excluding hydrogens is 338 g/mol. The summed E-state index contributed by atoms with van der Waals surface area (Å²) in [5, 5.41) is 1.02. The van der Waals surface area contributed by atoms with Gasteiger partial charge in [-0.3, -0.25) is 4.79 Å². The Morgan fingerprint density at radius 2 is 2.04 bits per heavy atom. The molecule has 1 saturated heterocycles. The van der Waals surface area contributed by atoms with Crippen LogP contribution in [0.2, 0.25) is 0 Å². The molecule has 0 radical (unpaired) electrons. The molecule has 1 atom stereocenters. The molecule has 0 saturated carbocycles. The number of hydrogen-bond acceptors (Lipinski definition) is 4. The van der Waals surface area contributed by atoms with E-state index in [0.29, 0.717) is 13.0 Å². The standard InChI is InChI=1S/C19H23NO4S/c1-2-20(16-6-7-25(22,23)12-16)19(21)10-15-11-24-18-9-14-5-3-4-13(14)8-17(15)18/h8-9,11,16H,2-7,10,12H2,1H3/t16-/m0/s1. The first-order valence-corrected chi connectivity index (χ1v) is 10.8. The summed E-state index contributed by atoms with van der Waals surface area (Å²) in [5.74, 6) is 0.252. The summed E-state index contributed by atoms with van der Waals surface area (Å²) in [7, 11) is -3.00. The van der Waals surface area contributed by atoms with Crippen LogP contribution in [0.4, 0.5) is 0 Å². The van der Waals surface area contributed by atoms with Crippen LogP contribution in [0.5, 0.6) is 0 Å². The molecule has 1 amide bonds. The second-order valence-electron chi connectivity index (χ2n) is 7.14. The van der Waals surface area contributed by atoms with E-state index in [1.807, 2.05) is 6.92 Å². The zero-order valence-electron chi connectivity index (χ0n) is 14.5. The summed E-state index contributed by atoms with van der Waals surface area (Å²) in [6.07, 6.45) is 5.84. The Morgan fingerprint density at radius 3 is 2.72 bits per heavy atom. The third-order valence-electron chi connectivity index (χ3n) is 5.52. The highest BCUT2D eigenvalue weighted by molar-refractivity contribution is 7.91. The number of hydrogen-bond donors (Lipinski definition) is 0. The molecule has 5 nitrogen and oxygen atoms in total. The van der Waals surface area contributed by atoms with Crippen LogP contribution in [0.3, 0.4) is 0 Å². The van der Waals surface area contributed by atoms with Crippen molar-refractivity contribution in [1.29, 1.82) is 0 Å². The first-order valence-electron chi connectivity index (χ1n) is 8.98. The van der Waals surface area contributed by atoms with Crippen molar-refractivity contribution >= 4 is 26.7 Å². The van der Waals surface area contributed by atoms with Gasteiger partial charge in [-0.25, -0.2) is 8.42 Å². The molecule has 1 fully saturated rings. The molecule has 25 heavy (non-hydrogen) atoms. The fourth-order valence-corrected chi connectivity index (χ4v) is 5.94. The monoisotopic (exact) mass is 361 g/mol. The van der Waals surface area contributed by atoms with Crippen molar-refractivity contribution in [2.45, 2.75) is 45.1 Å². The maximum absolute atomic E-state index is 12.8. The SMILES string of the molecule is CCN(C(=O)Cc1coc2cc3c(cc12)CCC3)[C@H]1CCS(=O)(=O)C1. The zero-order chi connectivity index (χ0) is 17.6. The van der Waals surface area contributed by atoms with Crippen molar-refractivity contribution in [3.8, 4) is 0 Å². The molecule has 0 unspecified atom stereocenters. The van der Waals surface area contributed by atoms with Crippen LogP contribution in [0.25, 0.3) is 11.0 Å². The molecule has 1 aliphatic heterocycles. The molecule has 0 spiro atoms. The van der Waals surface area contributed by atoms with Crippen molar-refractivity contribution in [1.82, 2.24) is 4.90 Å². The second-order valence-corrected chi connectivity index (χ2v) is 9.37. The van der Waals surface area contributed by atoms with Gasteiger partial charge in [-0.05, 0) is 55.9 Å². The normalized spacial score (nSPS) is 21.6. The minimum atomic E-state index is -3.00. The van der Waals surface area contributed by atoms with Gasteiger partial charge < -0.3 is 9.32 Å². The predicted octanol–water partition coefficient (Wildman–Crippen LogP) is 2.50. The smallest absolute Gasteiger partial charge is 0.227 e. The lowest BCUT2D eigenvalue weighted by Crippen LogP contribution is -2.41. The third-order valence-corrected chi connectivity index (χ3v) is 7.27. The number of sulfone groups is 1. The molecular formula is C19H23NO4S. The largest absolute Gasteiger partial charge is 0.464 e. The number of aryl methyl sites for hydroxylation is 2. The molecule has 134 valence electrons. The average Bonchev–Trinajstić information content (AvgIpc) is 3.25. The van der Waals surface area contributed by atoms with Crippen LogP contribution in [0.15, 0.2) is 22.8 Å². The minimum Gasteiger partial charge on any atom is -0.464 e. The summed E-state index contributed by atoms with van der Waals surface area (Å²) in [6, 6.07) is 4.08. The predicted molar refractivity (Wildman–Crippen MR) is 96.4 cm³/mol. The number of benzene rings is 1. The third kappa shape index (κ3) is 3.08. The van der Waals surface area contributed by atoms with Crippen LogP contribution in [0.1, 0.15) is 36.5 Å². The van der Waals surface area contributed by atoms with Crippen molar-refractivity contribution < 1.29 is 17.6 Å². The van der Waals surface area contributed by atoms with Crippen molar-refractivity contribution in [2.24, 2.45) is 0 Å².